The Bertz CT molecular complexity index is 757. The molecule has 126 valence electrons. The first kappa shape index (κ1) is 15.6. The van der Waals surface area contributed by atoms with Gasteiger partial charge in [0.25, 0.3) is 0 Å². The number of hydrogen-bond acceptors (Lipinski definition) is 3. The maximum Gasteiger partial charge on any atom is 0.238 e. The molecule has 4 rings (SSSR count). The van der Waals surface area contributed by atoms with E-state index in [-0.39, 0.29) is 17.8 Å². The fourth-order valence-electron chi connectivity index (χ4n) is 3.90. The van der Waals surface area contributed by atoms with Crippen molar-refractivity contribution >= 4 is 17.5 Å². The van der Waals surface area contributed by atoms with Gasteiger partial charge in [-0.2, -0.15) is 5.10 Å². The first-order chi connectivity index (χ1) is 11.7. The van der Waals surface area contributed by atoms with Gasteiger partial charge in [-0.05, 0) is 42.4 Å². The number of hydrogen-bond donors (Lipinski definition) is 0. The van der Waals surface area contributed by atoms with Crippen molar-refractivity contribution in [1.29, 1.82) is 0 Å². The van der Waals surface area contributed by atoms with Crippen LogP contribution in [0.1, 0.15) is 35.4 Å². The summed E-state index contributed by atoms with van der Waals surface area (Å²) < 4.78 is 1.93. The molecule has 0 fully saturated rings. The summed E-state index contributed by atoms with van der Waals surface area (Å²) in [5.41, 5.74) is 4.09. The van der Waals surface area contributed by atoms with E-state index in [4.69, 9.17) is 11.6 Å². The molecule has 1 aromatic heterocycles. The van der Waals surface area contributed by atoms with E-state index in [1.54, 1.807) is 6.33 Å². The van der Waals surface area contributed by atoms with E-state index in [2.05, 4.69) is 28.3 Å². The average molecular weight is 345 g/mol. The number of alkyl halides is 1. The molecule has 1 aromatic carbocycles. The fourth-order valence-corrected chi connectivity index (χ4v) is 4.05. The Balaban J connectivity index is 1.55. The number of nitrogens with zero attached hydrogens (tertiary/aromatic N) is 4. The van der Waals surface area contributed by atoms with Gasteiger partial charge in [0.2, 0.25) is 5.91 Å². The molecule has 1 aliphatic carbocycles. The molecule has 5 nitrogen and oxygen atoms in total. The van der Waals surface area contributed by atoms with E-state index in [1.165, 1.54) is 29.5 Å². The second-order valence-corrected chi connectivity index (χ2v) is 6.93. The molecule has 2 aliphatic rings. The summed E-state index contributed by atoms with van der Waals surface area (Å²) in [5.74, 6) is 0.969. The van der Waals surface area contributed by atoms with Crippen LogP contribution < -0.4 is 0 Å². The van der Waals surface area contributed by atoms with Crippen LogP contribution >= 0.6 is 11.6 Å². The van der Waals surface area contributed by atoms with Gasteiger partial charge in [-0.25, -0.2) is 9.67 Å². The lowest BCUT2D eigenvalue weighted by molar-refractivity contribution is -0.132. The highest BCUT2D eigenvalue weighted by molar-refractivity contribution is 6.27. The maximum absolute atomic E-state index is 12.5. The minimum absolute atomic E-state index is 0.00451. The van der Waals surface area contributed by atoms with Gasteiger partial charge >= 0.3 is 0 Å². The molecule has 0 radical (unpaired) electrons. The van der Waals surface area contributed by atoms with E-state index in [0.717, 1.165) is 31.6 Å². The predicted octanol–water partition coefficient (Wildman–Crippen LogP) is 2.35. The Labute approximate surface area is 146 Å². The zero-order chi connectivity index (χ0) is 16.5. The molecule has 1 aliphatic heterocycles. The minimum atomic E-state index is -0.00451. The van der Waals surface area contributed by atoms with Gasteiger partial charge < -0.3 is 4.90 Å². The lowest BCUT2D eigenvalue weighted by Gasteiger charge is -2.34. The normalized spacial score (nSPS) is 19.0. The Morgan fingerprint density at radius 3 is 3.08 bits per heavy atom. The number of rotatable bonds is 4. The molecule has 1 atom stereocenters. The third kappa shape index (κ3) is 2.93. The fraction of sp³-hybridized carbons (Fsp3) is 0.500. The molecule has 0 spiro atoms. The van der Waals surface area contributed by atoms with Crippen molar-refractivity contribution in [2.45, 2.75) is 51.2 Å². The summed E-state index contributed by atoms with van der Waals surface area (Å²) in [7, 11) is 0. The van der Waals surface area contributed by atoms with E-state index < -0.39 is 0 Å². The van der Waals surface area contributed by atoms with Gasteiger partial charge in [-0.3, -0.25) is 4.79 Å². The third-order valence-electron chi connectivity index (χ3n) is 5.18. The zero-order valence-electron chi connectivity index (χ0n) is 13.6. The van der Waals surface area contributed by atoms with E-state index >= 15 is 0 Å². The van der Waals surface area contributed by atoms with Gasteiger partial charge in [0, 0.05) is 25.6 Å². The van der Waals surface area contributed by atoms with Crippen LogP contribution in [0.3, 0.4) is 0 Å². The Kier molecular flexibility index (Phi) is 4.27. The van der Waals surface area contributed by atoms with E-state index in [1.807, 2.05) is 9.58 Å². The number of halogens is 1. The van der Waals surface area contributed by atoms with Gasteiger partial charge in [0.05, 0.1) is 0 Å². The first-order valence-electron chi connectivity index (χ1n) is 8.57. The standard InChI is InChI=1S/C18H21ClN4O/c19-10-18(24)22(16-6-7-23-17(9-16)20-12-21-23)11-13-4-5-14-2-1-3-15(14)8-13/h4-5,8,12,16H,1-3,6-7,9-11H2. The summed E-state index contributed by atoms with van der Waals surface area (Å²) in [5, 5.41) is 4.21. The van der Waals surface area contributed by atoms with Crippen LogP contribution in [0.4, 0.5) is 0 Å². The predicted molar refractivity (Wildman–Crippen MR) is 91.9 cm³/mol. The third-order valence-corrected chi connectivity index (χ3v) is 5.41. The highest BCUT2D eigenvalue weighted by atomic mass is 35.5. The summed E-state index contributed by atoms with van der Waals surface area (Å²) in [4.78, 5) is 18.7. The summed E-state index contributed by atoms with van der Waals surface area (Å²) in [6.45, 7) is 1.42. The van der Waals surface area contributed by atoms with Crippen molar-refractivity contribution in [1.82, 2.24) is 19.7 Å². The quantitative estimate of drug-likeness (QED) is 0.800. The minimum Gasteiger partial charge on any atom is -0.334 e. The number of benzene rings is 1. The summed E-state index contributed by atoms with van der Waals surface area (Å²) in [6.07, 6.45) is 6.79. The van der Waals surface area contributed by atoms with Crippen molar-refractivity contribution in [2.75, 3.05) is 5.88 Å². The van der Waals surface area contributed by atoms with Crippen LogP contribution in [-0.4, -0.2) is 37.5 Å². The largest absolute Gasteiger partial charge is 0.334 e. The van der Waals surface area contributed by atoms with Crippen molar-refractivity contribution in [3.8, 4) is 0 Å². The molecule has 1 unspecified atom stereocenters. The average Bonchev–Trinajstić information content (AvgIpc) is 3.26. The number of carbonyl (C=O) groups excluding carboxylic acids is 1. The number of aryl methyl sites for hydroxylation is 3. The Morgan fingerprint density at radius 2 is 2.21 bits per heavy atom. The number of carbonyl (C=O) groups is 1. The highest BCUT2D eigenvalue weighted by Gasteiger charge is 2.28. The molecule has 2 aromatic rings. The summed E-state index contributed by atoms with van der Waals surface area (Å²) in [6, 6.07) is 6.78. The molecule has 0 saturated carbocycles. The smallest absolute Gasteiger partial charge is 0.238 e. The Morgan fingerprint density at radius 1 is 1.33 bits per heavy atom. The monoisotopic (exact) mass is 344 g/mol. The lowest BCUT2D eigenvalue weighted by atomic mass is 10.0. The second-order valence-electron chi connectivity index (χ2n) is 6.66. The van der Waals surface area contributed by atoms with Gasteiger partial charge in [0.15, 0.2) is 0 Å². The molecule has 0 bridgehead atoms. The lowest BCUT2D eigenvalue weighted by Crippen LogP contribution is -2.44. The highest BCUT2D eigenvalue weighted by Crippen LogP contribution is 2.25. The summed E-state index contributed by atoms with van der Waals surface area (Å²) >= 11 is 5.88. The van der Waals surface area contributed by atoms with Crippen LogP contribution in [-0.2, 0) is 37.1 Å². The first-order valence-corrected chi connectivity index (χ1v) is 9.11. The van der Waals surface area contributed by atoms with E-state index in [9.17, 15) is 4.79 Å². The van der Waals surface area contributed by atoms with Gasteiger partial charge in [-0.15, -0.1) is 11.6 Å². The molecular weight excluding hydrogens is 324 g/mol. The van der Waals surface area contributed by atoms with Crippen LogP contribution in [0.5, 0.6) is 0 Å². The van der Waals surface area contributed by atoms with Crippen molar-refractivity contribution < 1.29 is 4.79 Å². The molecule has 0 saturated heterocycles. The SMILES string of the molecule is O=C(CCl)N(Cc1ccc2c(c1)CCC2)C1CCn2ncnc2C1. The topological polar surface area (TPSA) is 51.0 Å². The Hall–Kier alpha value is -1.88. The van der Waals surface area contributed by atoms with Crippen LogP contribution in [0.15, 0.2) is 24.5 Å². The van der Waals surface area contributed by atoms with Crippen molar-refractivity contribution in [3.63, 3.8) is 0 Å². The van der Waals surface area contributed by atoms with Crippen molar-refractivity contribution in [2.24, 2.45) is 0 Å². The van der Waals surface area contributed by atoms with Crippen molar-refractivity contribution in [3.05, 3.63) is 47.0 Å². The van der Waals surface area contributed by atoms with Crippen LogP contribution in [0, 0.1) is 0 Å². The molecule has 2 heterocycles. The number of amides is 1. The van der Waals surface area contributed by atoms with Gasteiger partial charge in [-0.1, -0.05) is 18.2 Å². The van der Waals surface area contributed by atoms with Gasteiger partial charge in [0.1, 0.15) is 18.0 Å². The zero-order valence-corrected chi connectivity index (χ0v) is 14.4. The molecule has 6 heteroatoms. The number of aromatic nitrogens is 3. The molecule has 0 N–H and O–H groups in total. The molecule has 24 heavy (non-hydrogen) atoms. The molecule has 1 amide bonds. The van der Waals surface area contributed by atoms with Crippen LogP contribution in [0.2, 0.25) is 0 Å². The second kappa shape index (κ2) is 6.55. The van der Waals surface area contributed by atoms with Crippen LogP contribution in [0.25, 0.3) is 0 Å². The van der Waals surface area contributed by atoms with E-state index in [0.29, 0.717) is 6.54 Å². The number of fused-ring (bicyclic) bond motifs is 2. The maximum atomic E-state index is 12.5. The molecular formula is C18H21ClN4O.